The third-order valence-electron chi connectivity index (χ3n) is 8.86. The Balaban J connectivity index is 1.30. The second-order valence-corrected chi connectivity index (χ2v) is 11.7. The zero-order valence-electron chi connectivity index (χ0n) is 23.6. The van der Waals surface area contributed by atoms with E-state index in [0.717, 1.165) is 33.5 Å². The highest BCUT2D eigenvalue weighted by atomic mass is 16.3. The first-order valence-corrected chi connectivity index (χ1v) is 14.5. The molecular weight excluding hydrogens is 514 g/mol. The number of allylic oxidation sites excluding steroid dienone is 2. The lowest BCUT2D eigenvalue weighted by atomic mass is 9.74. The van der Waals surface area contributed by atoms with E-state index in [1.165, 1.54) is 33.4 Å². The summed E-state index contributed by atoms with van der Waals surface area (Å²) < 4.78 is 5.85. The number of hydrogen-bond acceptors (Lipinski definition) is 4. The van der Waals surface area contributed by atoms with Crippen molar-refractivity contribution in [2.45, 2.75) is 31.5 Å². The molecule has 0 saturated carbocycles. The van der Waals surface area contributed by atoms with Crippen LogP contribution in [0, 0.1) is 0 Å². The molecule has 5 aromatic rings. The molecule has 4 aromatic carbocycles. The number of fused-ring (bicyclic) bond motifs is 6. The molecule has 2 aliphatic heterocycles. The smallest absolute Gasteiger partial charge is 0.145 e. The van der Waals surface area contributed by atoms with E-state index in [9.17, 15) is 0 Å². The number of aliphatic imine (C=N–C) groups is 1. The van der Waals surface area contributed by atoms with Crippen LogP contribution in [-0.2, 0) is 5.41 Å². The second-order valence-electron chi connectivity index (χ2n) is 11.7. The Kier molecular flexibility index (Phi) is 5.58. The minimum atomic E-state index is -0.255. The Hall–Kier alpha value is -5.09. The Labute approximate surface area is 245 Å². The van der Waals surface area contributed by atoms with Gasteiger partial charge in [0.25, 0.3) is 0 Å². The highest BCUT2D eigenvalue weighted by molar-refractivity contribution is 6.07. The normalized spacial score (nSPS) is 19.9. The van der Waals surface area contributed by atoms with Crippen LogP contribution in [0.1, 0.15) is 42.3 Å². The van der Waals surface area contributed by atoms with Gasteiger partial charge in [0.15, 0.2) is 0 Å². The predicted molar refractivity (Wildman–Crippen MR) is 172 cm³/mol. The molecule has 2 atom stereocenters. The average molecular weight is 546 g/mol. The summed E-state index contributed by atoms with van der Waals surface area (Å²) in [5, 5.41) is 8.34. The molecule has 4 heteroatoms. The number of benzene rings is 4. The van der Waals surface area contributed by atoms with Crippen molar-refractivity contribution in [3.8, 4) is 22.3 Å². The molecule has 0 fully saturated rings. The van der Waals surface area contributed by atoms with Crippen LogP contribution in [0.25, 0.3) is 38.9 Å². The van der Waals surface area contributed by atoms with E-state index in [1.807, 2.05) is 18.3 Å². The molecule has 42 heavy (non-hydrogen) atoms. The first-order valence-electron chi connectivity index (χ1n) is 14.5. The van der Waals surface area contributed by atoms with E-state index in [1.54, 1.807) is 6.26 Å². The zero-order chi connectivity index (χ0) is 28.3. The summed E-state index contributed by atoms with van der Waals surface area (Å²) in [5.74, 6) is 0. The van der Waals surface area contributed by atoms with Gasteiger partial charge in [0, 0.05) is 16.5 Å². The molecule has 0 bridgehead atoms. The van der Waals surface area contributed by atoms with E-state index in [4.69, 9.17) is 9.41 Å². The fraction of sp³-hybridized carbons (Fsp3) is 0.132. The molecule has 3 aliphatic rings. The average Bonchev–Trinajstić information content (AvgIpc) is 3.50. The number of rotatable bonds is 3. The van der Waals surface area contributed by atoms with Crippen molar-refractivity contribution in [2.75, 3.05) is 0 Å². The number of dihydropyridines is 1. The van der Waals surface area contributed by atoms with Crippen molar-refractivity contribution in [2.24, 2.45) is 4.99 Å². The minimum Gasteiger partial charge on any atom is -0.464 e. The lowest BCUT2D eigenvalue weighted by Gasteiger charge is -2.31. The van der Waals surface area contributed by atoms with Crippen LogP contribution in [0.3, 0.4) is 0 Å². The summed E-state index contributed by atoms with van der Waals surface area (Å²) in [4.78, 5) is 5.14. The van der Waals surface area contributed by atoms with Gasteiger partial charge >= 0.3 is 0 Å². The third kappa shape index (κ3) is 3.94. The van der Waals surface area contributed by atoms with Crippen LogP contribution in [0.15, 0.2) is 137 Å². The van der Waals surface area contributed by atoms with E-state index >= 15 is 0 Å². The molecule has 0 saturated heterocycles. The molecule has 204 valence electrons. The molecule has 8 rings (SSSR count). The summed E-state index contributed by atoms with van der Waals surface area (Å²) in [6, 6.07) is 32.8. The first-order chi connectivity index (χ1) is 20.6. The van der Waals surface area contributed by atoms with Crippen molar-refractivity contribution in [3.05, 3.63) is 150 Å². The van der Waals surface area contributed by atoms with Gasteiger partial charge in [-0.25, -0.2) is 0 Å². The van der Waals surface area contributed by atoms with Crippen molar-refractivity contribution in [1.82, 2.24) is 10.6 Å². The molecule has 3 heterocycles. The van der Waals surface area contributed by atoms with Crippen molar-refractivity contribution < 1.29 is 4.42 Å². The first kappa shape index (κ1) is 24.7. The van der Waals surface area contributed by atoms with Gasteiger partial charge in [0.1, 0.15) is 11.7 Å². The molecule has 1 aliphatic carbocycles. The molecule has 2 N–H and O–H groups in total. The SMILES string of the molecule is CC1(C)c2cc(C3=CC(C4C=CC=CN4)=NC(c4ccccc4)N3)ccc2-c2ccccc2-c2cc3occc3cc21. The molecule has 1 aromatic heterocycles. The molecule has 0 spiro atoms. The summed E-state index contributed by atoms with van der Waals surface area (Å²) >= 11 is 0. The third-order valence-corrected chi connectivity index (χ3v) is 8.86. The van der Waals surface area contributed by atoms with E-state index < -0.39 is 0 Å². The lowest BCUT2D eigenvalue weighted by molar-refractivity contribution is 0.614. The summed E-state index contributed by atoms with van der Waals surface area (Å²) in [6.45, 7) is 4.69. The maximum absolute atomic E-state index is 5.85. The monoisotopic (exact) mass is 545 g/mol. The number of hydrogen-bond donors (Lipinski definition) is 2. The molecule has 0 radical (unpaired) electrons. The maximum Gasteiger partial charge on any atom is 0.145 e. The largest absolute Gasteiger partial charge is 0.464 e. The topological polar surface area (TPSA) is 49.6 Å². The van der Waals surface area contributed by atoms with Crippen molar-refractivity contribution in [1.29, 1.82) is 0 Å². The van der Waals surface area contributed by atoms with Gasteiger partial charge in [-0.2, -0.15) is 0 Å². The van der Waals surface area contributed by atoms with Crippen LogP contribution < -0.4 is 10.6 Å². The number of nitrogens with zero attached hydrogens (tertiary/aromatic N) is 1. The molecular formula is C38H31N3O. The summed E-state index contributed by atoms with van der Waals surface area (Å²) in [7, 11) is 0. The van der Waals surface area contributed by atoms with Gasteiger partial charge in [-0.15, -0.1) is 0 Å². The van der Waals surface area contributed by atoms with Crippen LogP contribution in [-0.4, -0.2) is 11.8 Å². The van der Waals surface area contributed by atoms with Crippen LogP contribution >= 0.6 is 0 Å². The fourth-order valence-electron chi connectivity index (χ4n) is 6.63. The van der Waals surface area contributed by atoms with Gasteiger partial charge in [-0.05, 0) is 87.1 Å². The Morgan fingerprint density at radius 2 is 1.55 bits per heavy atom. The van der Waals surface area contributed by atoms with E-state index in [2.05, 4.69) is 128 Å². The summed E-state index contributed by atoms with van der Waals surface area (Å²) in [6.07, 6.45) is 12.0. The molecule has 2 unspecified atom stereocenters. The Bertz CT molecular complexity index is 1970. The number of furan rings is 1. The highest BCUT2D eigenvalue weighted by Crippen LogP contribution is 2.50. The maximum atomic E-state index is 5.85. The highest BCUT2D eigenvalue weighted by Gasteiger charge is 2.34. The number of nitrogens with one attached hydrogen (secondary N) is 2. The quantitative estimate of drug-likeness (QED) is 0.239. The zero-order valence-corrected chi connectivity index (χ0v) is 23.6. The molecule has 0 amide bonds. The van der Waals surface area contributed by atoms with Gasteiger partial charge in [-0.3, -0.25) is 4.99 Å². The fourth-order valence-corrected chi connectivity index (χ4v) is 6.63. The van der Waals surface area contributed by atoms with E-state index in [0.29, 0.717) is 0 Å². The van der Waals surface area contributed by atoms with Gasteiger partial charge < -0.3 is 15.1 Å². The van der Waals surface area contributed by atoms with Crippen molar-refractivity contribution >= 4 is 22.4 Å². The minimum absolute atomic E-state index is 0.0201. The van der Waals surface area contributed by atoms with E-state index in [-0.39, 0.29) is 17.6 Å². The van der Waals surface area contributed by atoms with Crippen LogP contribution in [0.5, 0.6) is 0 Å². The Morgan fingerprint density at radius 1 is 0.762 bits per heavy atom. The lowest BCUT2D eigenvalue weighted by Crippen LogP contribution is -2.36. The predicted octanol–water partition coefficient (Wildman–Crippen LogP) is 8.53. The van der Waals surface area contributed by atoms with Crippen molar-refractivity contribution in [3.63, 3.8) is 0 Å². The summed E-state index contributed by atoms with van der Waals surface area (Å²) in [5.41, 5.74) is 12.6. The van der Waals surface area contributed by atoms with Gasteiger partial charge in [0.2, 0.25) is 0 Å². The Morgan fingerprint density at radius 3 is 2.36 bits per heavy atom. The standard InChI is InChI=1S/C38H31N3O/c1-38(2)31-20-25(34-23-35(33-14-8-9-18-39-33)41-37(40-34)24-10-4-3-5-11-24)15-16-29(31)27-12-6-7-13-28(27)30-22-36-26(17-19-42-36)21-32(30)38/h3-23,33,37,39-40H,1-2H3. The van der Waals surface area contributed by atoms with Gasteiger partial charge in [0.05, 0.1) is 18.0 Å². The van der Waals surface area contributed by atoms with Crippen LogP contribution in [0.4, 0.5) is 0 Å². The van der Waals surface area contributed by atoms with Crippen LogP contribution in [0.2, 0.25) is 0 Å². The molecule has 4 nitrogen and oxygen atoms in total. The second kappa shape index (κ2) is 9.49. The van der Waals surface area contributed by atoms with Gasteiger partial charge in [-0.1, -0.05) is 92.7 Å².